The van der Waals surface area contributed by atoms with Gasteiger partial charge in [0, 0.05) is 17.8 Å². The number of carbonyl (C=O) groups excluding carboxylic acids is 2. The van der Waals surface area contributed by atoms with Crippen molar-refractivity contribution in [2.45, 2.75) is 20.8 Å². The van der Waals surface area contributed by atoms with E-state index in [2.05, 4.69) is 5.32 Å². The van der Waals surface area contributed by atoms with Gasteiger partial charge in [-0.2, -0.15) is 0 Å². The zero-order valence-electron chi connectivity index (χ0n) is 19.1. The van der Waals surface area contributed by atoms with Crippen LogP contribution in [0.2, 0.25) is 0 Å². The minimum Gasteiger partial charge on any atom is -0.497 e. The predicted octanol–water partition coefficient (Wildman–Crippen LogP) is 5.11. The van der Waals surface area contributed by atoms with Gasteiger partial charge in [-0.1, -0.05) is 30.3 Å². The number of methoxy groups -OCH3 is 1. The smallest absolute Gasteiger partial charge is 0.282 e. The van der Waals surface area contributed by atoms with Crippen molar-refractivity contribution in [3.8, 4) is 11.5 Å². The summed E-state index contributed by atoms with van der Waals surface area (Å²) in [7, 11) is 1.58. The monoisotopic (exact) mass is 442 g/mol. The Morgan fingerprint density at radius 3 is 2.33 bits per heavy atom. The molecule has 0 unspecified atom stereocenters. The quantitative estimate of drug-likeness (QED) is 0.515. The summed E-state index contributed by atoms with van der Waals surface area (Å²) in [6, 6.07) is 20.0. The van der Waals surface area contributed by atoms with Crippen molar-refractivity contribution in [1.29, 1.82) is 0 Å². The standard InChI is InChI=1S/C27H26N2O4/c1-5-33-23-11-7-9-21(16-23)29-26(30)24(19-13-12-17(2)18(3)14-19)25(27(29)31)28-20-8-6-10-22(15-20)32-4/h6-16,28H,5H2,1-4H3. The number of benzene rings is 3. The Hall–Kier alpha value is -4.06. The van der Waals surface area contributed by atoms with E-state index in [9.17, 15) is 9.59 Å². The summed E-state index contributed by atoms with van der Waals surface area (Å²) in [4.78, 5) is 28.4. The number of amides is 2. The molecule has 0 fully saturated rings. The van der Waals surface area contributed by atoms with E-state index in [4.69, 9.17) is 9.47 Å². The highest BCUT2D eigenvalue weighted by molar-refractivity contribution is 6.46. The summed E-state index contributed by atoms with van der Waals surface area (Å²) in [6.07, 6.45) is 0. The number of hydrogen-bond acceptors (Lipinski definition) is 5. The Morgan fingerprint density at radius 2 is 1.61 bits per heavy atom. The van der Waals surface area contributed by atoms with Gasteiger partial charge in [0.2, 0.25) is 0 Å². The molecule has 2 amide bonds. The number of nitrogens with zero attached hydrogens (tertiary/aromatic N) is 1. The van der Waals surface area contributed by atoms with Crippen LogP contribution in [-0.2, 0) is 9.59 Å². The summed E-state index contributed by atoms with van der Waals surface area (Å²) >= 11 is 0. The Bertz CT molecular complexity index is 1260. The van der Waals surface area contributed by atoms with Gasteiger partial charge in [0.25, 0.3) is 11.8 Å². The zero-order valence-corrected chi connectivity index (χ0v) is 19.1. The number of anilines is 2. The molecule has 0 saturated carbocycles. The molecule has 0 atom stereocenters. The van der Waals surface area contributed by atoms with Crippen LogP contribution in [0.3, 0.4) is 0 Å². The molecule has 1 aliphatic heterocycles. The first kappa shape index (κ1) is 22.1. The molecule has 3 aromatic carbocycles. The molecular formula is C27H26N2O4. The highest BCUT2D eigenvalue weighted by atomic mass is 16.5. The number of ether oxygens (including phenoxy) is 2. The first-order valence-corrected chi connectivity index (χ1v) is 10.8. The molecule has 1 heterocycles. The van der Waals surface area contributed by atoms with Crippen molar-refractivity contribution in [3.63, 3.8) is 0 Å². The second-order valence-electron chi connectivity index (χ2n) is 7.78. The molecule has 4 rings (SSSR count). The molecule has 1 aliphatic rings. The maximum Gasteiger partial charge on any atom is 0.282 e. The average molecular weight is 443 g/mol. The van der Waals surface area contributed by atoms with Crippen LogP contribution in [0.15, 0.2) is 72.4 Å². The zero-order chi connectivity index (χ0) is 23.5. The van der Waals surface area contributed by atoms with Crippen LogP contribution in [0.5, 0.6) is 11.5 Å². The summed E-state index contributed by atoms with van der Waals surface area (Å²) in [5.74, 6) is 0.427. The molecular weight excluding hydrogens is 416 g/mol. The molecule has 0 spiro atoms. The number of carbonyl (C=O) groups is 2. The third-order valence-electron chi connectivity index (χ3n) is 5.61. The fraction of sp³-hybridized carbons (Fsp3) is 0.185. The normalized spacial score (nSPS) is 13.5. The Kier molecular flexibility index (Phi) is 6.18. The first-order chi connectivity index (χ1) is 15.9. The van der Waals surface area contributed by atoms with Crippen molar-refractivity contribution in [1.82, 2.24) is 0 Å². The van der Waals surface area contributed by atoms with Crippen molar-refractivity contribution in [2.24, 2.45) is 0 Å². The summed E-state index contributed by atoms with van der Waals surface area (Å²) in [5, 5.41) is 3.17. The highest BCUT2D eigenvalue weighted by Gasteiger charge is 2.40. The van der Waals surface area contributed by atoms with Crippen LogP contribution in [-0.4, -0.2) is 25.5 Å². The SMILES string of the molecule is CCOc1cccc(N2C(=O)C(Nc3cccc(OC)c3)=C(c3ccc(C)c(C)c3)C2=O)c1. The second-order valence-corrected chi connectivity index (χ2v) is 7.78. The summed E-state index contributed by atoms with van der Waals surface area (Å²) in [5.41, 5.74) is 4.49. The Balaban J connectivity index is 1.82. The number of rotatable bonds is 7. The van der Waals surface area contributed by atoms with Crippen LogP contribution in [0.4, 0.5) is 11.4 Å². The lowest BCUT2D eigenvalue weighted by Crippen LogP contribution is -2.32. The third kappa shape index (κ3) is 4.32. The van der Waals surface area contributed by atoms with E-state index in [-0.39, 0.29) is 11.6 Å². The molecule has 1 N–H and O–H groups in total. The van der Waals surface area contributed by atoms with Gasteiger partial charge >= 0.3 is 0 Å². The van der Waals surface area contributed by atoms with Crippen LogP contribution >= 0.6 is 0 Å². The number of aryl methyl sites for hydroxylation is 2. The third-order valence-corrected chi connectivity index (χ3v) is 5.61. The van der Waals surface area contributed by atoms with Gasteiger partial charge in [-0.25, -0.2) is 4.90 Å². The van der Waals surface area contributed by atoms with Gasteiger partial charge in [-0.3, -0.25) is 9.59 Å². The van der Waals surface area contributed by atoms with E-state index < -0.39 is 5.91 Å². The second kappa shape index (κ2) is 9.20. The highest BCUT2D eigenvalue weighted by Crippen LogP contribution is 2.35. The van der Waals surface area contributed by atoms with E-state index in [0.717, 1.165) is 11.1 Å². The maximum atomic E-state index is 13.6. The number of imide groups is 1. The molecule has 6 heteroatoms. The molecule has 168 valence electrons. The largest absolute Gasteiger partial charge is 0.497 e. The molecule has 0 bridgehead atoms. The molecule has 0 aromatic heterocycles. The molecule has 0 radical (unpaired) electrons. The Labute approximate surface area is 193 Å². The average Bonchev–Trinajstić information content (AvgIpc) is 3.05. The lowest BCUT2D eigenvalue weighted by molar-refractivity contribution is -0.120. The summed E-state index contributed by atoms with van der Waals surface area (Å²) < 4.78 is 10.9. The van der Waals surface area contributed by atoms with Gasteiger partial charge in [-0.05, 0) is 61.7 Å². The minimum absolute atomic E-state index is 0.221. The van der Waals surface area contributed by atoms with Gasteiger partial charge in [0.15, 0.2) is 0 Å². The van der Waals surface area contributed by atoms with Crippen LogP contribution in [0.25, 0.3) is 5.57 Å². The van der Waals surface area contributed by atoms with Crippen molar-refractivity contribution in [2.75, 3.05) is 23.9 Å². The summed E-state index contributed by atoms with van der Waals surface area (Å²) in [6.45, 7) is 6.36. The van der Waals surface area contributed by atoms with Gasteiger partial charge in [0.05, 0.1) is 25.0 Å². The molecule has 0 aliphatic carbocycles. The number of hydrogen-bond donors (Lipinski definition) is 1. The van der Waals surface area contributed by atoms with Crippen LogP contribution in [0.1, 0.15) is 23.6 Å². The van der Waals surface area contributed by atoms with E-state index >= 15 is 0 Å². The predicted molar refractivity (Wildman–Crippen MR) is 130 cm³/mol. The fourth-order valence-corrected chi connectivity index (χ4v) is 3.77. The lowest BCUT2D eigenvalue weighted by Gasteiger charge is -2.16. The molecule has 0 saturated heterocycles. The Morgan fingerprint density at radius 1 is 0.848 bits per heavy atom. The van der Waals surface area contributed by atoms with Gasteiger partial charge < -0.3 is 14.8 Å². The van der Waals surface area contributed by atoms with Gasteiger partial charge in [0.1, 0.15) is 17.2 Å². The van der Waals surface area contributed by atoms with Crippen LogP contribution in [0, 0.1) is 13.8 Å². The van der Waals surface area contributed by atoms with Crippen LogP contribution < -0.4 is 19.7 Å². The lowest BCUT2D eigenvalue weighted by atomic mass is 9.99. The molecule has 6 nitrogen and oxygen atoms in total. The van der Waals surface area contributed by atoms with Crippen molar-refractivity contribution >= 4 is 28.8 Å². The van der Waals surface area contributed by atoms with E-state index in [1.165, 1.54) is 4.90 Å². The van der Waals surface area contributed by atoms with E-state index in [1.807, 2.05) is 57.2 Å². The first-order valence-electron chi connectivity index (χ1n) is 10.8. The van der Waals surface area contributed by atoms with E-state index in [0.29, 0.717) is 40.6 Å². The van der Waals surface area contributed by atoms with Gasteiger partial charge in [-0.15, -0.1) is 0 Å². The van der Waals surface area contributed by atoms with Crippen molar-refractivity contribution in [3.05, 3.63) is 89.1 Å². The molecule has 33 heavy (non-hydrogen) atoms. The van der Waals surface area contributed by atoms with Crippen molar-refractivity contribution < 1.29 is 19.1 Å². The number of nitrogens with one attached hydrogen (secondary N) is 1. The van der Waals surface area contributed by atoms with E-state index in [1.54, 1.807) is 37.4 Å². The minimum atomic E-state index is -0.426. The maximum absolute atomic E-state index is 13.6. The topological polar surface area (TPSA) is 67.9 Å². The fourth-order valence-electron chi connectivity index (χ4n) is 3.77. The molecule has 3 aromatic rings.